The number of carbonyl (C=O) groups is 1. The van der Waals surface area contributed by atoms with Crippen LogP contribution in [-0.2, 0) is 14.8 Å². The first-order chi connectivity index (χ1) is 14.1. The Kier molecular flexibility index (Phi) is 8.96. The van der Waals surface area contributed by atoms with Crippen LogP contribution < -0.4 is 14.4 Å². The van der Waals surface area contributed by atoms with Gasteiger partial charge in [-0.15, -0.1) is 0 Å². The number of nitrogens with one attached hydrogen (secondary N) is 1. The minimum Gasteiger partial charge on any atom is -0.491 e. The van der Waals surface area contributed by atoms with Crippen LogP contribution >= 0.6 is 22.6 Å². The zero-order valence-electron chi connectivity index (χ0n) is 17.9. The number of benzene rings is 2. The van der Waals surface area contributed by atoms with Crippen LogP contribution in [0.15, 0.2) is 36.4 Å². The standard InChI is InChI=1S/C22H29IN2O4S/c1-16-7-10-21(18(3)14-16)29-13-11-24-22(26)6-5-12-25(30(4,27)28)20-9-8-19(23)15-17(20)2/h7-10,14-15H,5-6,11-13H2,1-4H3,(H,24,26). The molecule has 1 N–H and O–H groups in total. The Hall–Kier alpha value is -1.81. The van der Waals surface area contributed by atoms with Crippen LogP contribution in [0.2, 0.25) is 0 Å². The summed E-state index contributed by atoms with van der Waals surface area (Å²) in [4.78, 5) is 12.1. The predicted molar refractivity (Wildman–Crippen MR) is 130 cm³/mol. The number of ether oxygens (including phenoxy) is 1. The molecule has 164 valence electrons. The minimum atomic E-state index is -3.43. The molecule has 2 rings (SSSR count). The molecule has 0 bridgehead atoms. The Morgan fingerprint density at radius 2 is 1.83 bits per heavy atom. The van der Waals surface area contributed by atoms with E-state index in [1.165, 1.54) is 16.1 Å². The van der Waals surface area contributed by atoms with E-state index < -0.39 is 10.0 Å². The highest BCUT2D eigenvalue weighted by atomic mass is 127. The van der Waals surface area contributed by atoms with Crippen molar-refractivity contribution in [1.82, 2.24) is 5.32 Å². The molecule has 8 heteroatoms. The highest BCUT2D eigenvalue weighted by Crippen LogP contribution is 2.25. The second-order valence-electron chi connectivity index (χ2n) is 7.34. The molecule has 0 aliphatic rings. The molecule has 0 aromatic heterocycles. The smallest absolute Gasteiger partial charge is 0.232 e. The van der Waals surface area contributed by atoms with Crippen LogP contribution in [0.1, 0.15) is 29.5 Å². The largest absolute Gasteiger partial charge is 0.491 e. The van der Waals surface area contributed by atoms with Gasteiger partial charge < -0.3 is 10.1 Å². The lowest BCUT2D eigenvalue weighted by Crippen LogP contribution is -2.33. The van der Waals surface area contributed by atoms with Gasteiger partial charge in [-0.05, 0) is 85.2 Å². The van der Waals surface area contributed by atoms with E-state index in [0.717, 1.165) is 20.4 Å². The summed E-state index contributed by atoms with van der Waals surface area (Å²) in [7, 11) is -3.43. The number of hydrogen-bond acceptors (Lipinski definition) is 4. The Balaban J connectivity index is 1.80. The van der Waals surface area contributed by atoms with Crippen molar-refractivity contribution in [3.63, 3.8) is 0 Å². The Morgan fingerprint density at radius 1 is 1.10 bits per heavy atom. The van der Waals surface area contributed by atoms with Crippen molar-refractivity contribution in [3.8, 4) is 5.75 Å². The molecule has 0 saturated carbocycles. The summed E-state index contributed by atoms with van der Waals surface area (Å²) in [5, 5.41) is 2.82. The molecule has 2 aromatic carbocycles. The van der Waals surface area contributed by atoms with Crippen molar-refractivity contribution < 1.29 is 17.9 Å². The van der Waals surface area contributed by atoms with Crippen LogP contribution in [0.4, 0.5) is 5.69 Å². The number of nitrogens with zero attached hydrogens (tertiary/aromatic N) is 1. The van der Waals surface area contributed by atoms with Crippen LogP contribution in [-0.4, -0.2) is 40.3 Å². The number of aryl methyl sites for hydroxylation is 3. The Morgan fingerprint density at radius 3 is 2.47 bits per heavy atom. The number of hydrogen-bond donors (Lipinski definition) is 1. The molecule has 0 atom stereocenters. The van der Waals surface area contributed by atoms with Crippen LogP contribution in [0.25, 0.3) is 0 Å². The highest BCUT2D eigenvalue weighted by Gasteiger charge is 2.19. The Labute approximate surface area is 193 Å². The normalized spacial score (nSPS) is 11.2. The van der Waals surface area contributed by atoms with E-state index in [2.05, 4.69) is 34.0 Å². The van der Waals surface area contributed by atoms with Gasteiger partial charge in [-0.2, -0.15) is 0 Å². The lowest BCUT2D eigenvalue weighted by Gasteiger charge is -2.24. The summed E-state index contributed by atoms with van der Waals surface area (Å²) >= 11 is 2.20. The summed E-state index contributed by atoms with van der Waals surface area (Å²) in [5.41, 5.74) is 3.78. The number of halogens is 1. The van der Waals surface area contributed by atoms with Gasteiger partial charge in [0.2, 0.25) is 15.9 Å². The van der Waals surface area contributed by atoms with Crippen molar-refractivity contribution in [3.05, 3.63) is 56.7 Å². The first kappa shape index (κ1) is 24.5. The first-order valence-electron chi connectivity index (χ1n) is 9.78. The molecule has 0 heterocycles. The molecule has 0 fully saturated rings. The average molecular weight is 544 g/mol. The second kappa shape index (κ2) is 11.0. The molecule has 1 amide bonds. The van der Waals surface area contributed by atoms with Crippen molar-refractivity contribution in [2.45, 2.75) is 33.6 Å². The topological polar surface area (TPSA) is 75.7 Å². The first-order valence-corrected chi connectivity index (χ1v) is 12.7. The van der Waals surface area contributed by atoms with E-state index in [1.807, 2.05) is 51.1 Å². The zero-order chi connectivity index (χ0) is 22.3. The minimum absolute atomic E-state index is 0.119. The maximum atomic E-state index is 12.2. The third kappa shape index (κ3) is 7.46. The summed E-state index contributed by atoms with van der Waals surface area (Å²) in [6, 6.07) is 11.6. The van der Waals surface area contributed by atoms with Crippen molar-refractivity contribution in [2.75, 3.05) is 30.3 Å². The fraction of sp³-hybridized carbons (Fsp3) is 0.409. The van der Waals surface area contributed by atoms with Crippen molar-refractivity contribution in [2.24, 2.45) is 0 Å². The third-order valence-electron chi connectivity index (χ3n) is 4.61. The fourth-order valence-corrected chi connectivity index (χ4v) is 4.82. The van der Waals surface area contributed by atoms with Gasteiger partial charge in [0.1, 0.15) is 12.4 Å². The summed E-state index contributed by atoms with van der Waals surface area (Å²) < 4.78 is 32.6. The maximum Gasteiger partial charge on any atom is 0.232 e. The van der Waals surface area contributed by atoms with Gasteiger partial charge in [-0.3, -0.25) is 9.10 Å². The SMILES string of the molecule is Cc1ccc(OCCNC(=O)CCCN(c2ccc(I)cc2C)S(C)(=O)=O)c(C)c1. The second-order valence-corrected chi connectivity index (χ2v) is 10.5. The van der Waals surface area contributed by atoms with Gasteiger partial charge in [0.05, 0.1) is 18.5 Å². The van der Waals surface area contributed by atoms with Gasteiger partial charge >= 0.3 is 0 Å². The lowest BCUT2D eigenvalue weighted by atomic mass is 10.1. The molecule has 0 spiro atoms. The van der Waals surface area contributed by atoms with E-state index in [1.54, 1.807) is 0 Å². The zero-order valence-corrected chi connectivity index (χ0v) is 20.8. The highest BCUT2D eigenvalue weighted by molar-refractivity contribution is 14.1. The summed E-state index contributed by atoms with van der Waals surface area (Å²) in [5.74, 6) is 0.693. The number of anilines is 1. The van der Waals surface area contributed by atoms with Gasteiger partial charge in [-0.1, -0.05) is 17.7 Å². The van der Waals surface area contributed by atoms with Gasteiger partial charge in [0, 0.05) is 16.5 Å². The number of sulfonamides is 1. The number of amides is 1. The maximum absolute atomic E-state index is 12.2. The van der Waals surface area contributed by atoms with E-state index >= 15 is 0 Å². The van der Waals surface area contributed by atoms with Crippen LogP contribution in [0.3, 0.4) is 0 Å². The molecular formula is C22H29IN2O4S. The van der Waals surface area contributed by atoms with Crippen LogP contribution in [0, 0.1) is 24.3 Å². The monoisotopic (exact) mass is 544 g/mol. The van der Waals surface area contributed by atoms with Gasteiger partial charge in [-0.25, -0.2) is 8.42 Å². The number of rotatable bonds is 10. The van der Waals surface area contributed by atoms with E-state index in [9.17, 15) is 13.2 Å². The molecule has 0 unspecified atom stereocenters. The average Bonchev–Trinajstić information content (AvgIpc) is 2.64. The molecule has 0 aliphatic carbocycles. The van der Waals surface area contributed by atoms with E-state index in [0.29, 0.717) is 25.3 Å². The molecule has 0 radical (unpaired) electrons. The molecule has 2 aromatic rings. The van der Waals surface area contributed by atoms with Gasteiger partial charge in [0.15, 0.2) is 0 Å². The third-order valence-corrected chi connectivity index (χ3v) is 6.46. The van der Waals surface area contributed by atoms with Crippen molar-refractivity contribution >= 4 is 44.2 Å². The summed E-state index contributed by atoms with van der Waals surface area (Å²) in [6.07, 6.45) is 1.87. The predicted octanol–water partition coefficient (Wildman–Crippen LogP) is 3.96. The molecule has 0 aliphatic heterocycles. The van der Waals surface area contributed by atoms with Crippen molar-refractivity contribution in [1.29, 1.82) is 0 Å². The number of carbonyl (C=O) groups excluding carboxylic acids is 1. The van der Waals surface area contributed by atoms with Gasteiger partial charge in [0.25, 0.3) is 0 Å². The Bertz CT molecular complexity index is 993. The molecule has 30 heavy (non-hydrogen) atoms. The summed E-state index contributed by atoms with van der Waals surface area (Å²) in [6.45, 7) is 6.95. The lowest BCUT2D eigenvalue weighted by molar-refractivity contribution is -0.121. The molecule has 6 nitrogen and oxygen atoms in total. The van der Waals surface area contributed by atoms with Crippen LogP contribution in [0.5, 0.6) is 5.75 Å². The quantitative estimate of drug-likeness (QED) is 0.363. The molecular weight excluding hydrogens is 515 g/mol. The van der Waals surface area contributed by atoms with E-state index in [4.69, 9.17) is 4.74 Å². The fourth-order valence-electron chi connectivity index (χ4n) is 3.15. The van der Waals surface area contributed by atoms with E-state index in [-0.39, 0.29) is 18.9 Å². The molecule has 0 saturated heterocycles.